The highest BCUT2D eigenvalue weighted by Gasteiger charge is 2.03. The molecule has 0 saturated carbocycles. The molecule has 3 heteroatoms. The molecule has 1 aromatic rings. The summed E-state index contributed by atoms with van der Waals surface area (Å²) in [5.41, 5.74) is 1.27. The number of nitrogens with one attached hydrogen (secondary N) is 1. The Balaban J connectivity index is 2.39. The molecule has 2 N–H and O–H groups in total. The van der Waals surface area contributed by atoms with Crippen molar-refractivity contribution in [2.75, 3.05) is 19.8 Å². The molecule has 0 aliphatic rings. The van der Waals surface area contributed by atoms with Gasteiger partial charge < -0.3 is 15.2 Å². The average Bonchev–Trinajstić information content (AvgIpc) is 2.36. The van der Waals surface area contributed by atoms with Crippen molar-refractivity contribution in [2.24, 2.45) is 0 Å². The van der Waals surface area contributed by atoms with Gasteiger partial charge in [0.15, 0.2) is 0 Å². The fourth-order valence-electron chi connectivity index (χ4n) is 1.68. The molecule has 1 atom stereocenters. The van der Waals surface area contributed by atoms with Gasteiger partial charge in [0.25, 0.3) is 0 Å². The first kappa shape index (κ1) is 14.0. The lowest BCUT2D eigenvalue weighted by atomic mass is 10.1. The van der Waals surface area contributed by atoms with Crippen molar-refractivity contribution in [1.82, 2.24) is 5.32 Å². The monoisotopic (exact) mass is 237 g/mol. The molecular weight excluding hydrogens is 214 g/mol. The fourth-order valence-corrected chi connectivity index (χ4v) is 1.68. The number of hydrogen-bond donors (Lipinski definition) is 2. The van der Waals surface area contributed by atoms with Crippen molar-refractivity contribution < 1.29 is 9.84 Å². The number of benzene rings is 1. The van der Waals surface area contributed by atoms with Gasteiger partial charge in [-0.15, -0.1) is 0 Å². The highest BCUT2D eigenvalue weighted by molar-refractivity contribution is 5.28. The van der Waals surface area contributed by atoms with Crippen molar-refractivity contribution >= 4 is 0 Å². The Bertz CT molecular complexity index is 298. The maximum Gasteiger partial charge on any atom is 0.119 e. The van der Waals surface area contributed by atoms with Crippen LogP contribution in [0.25, 0.3) is 0 Å². The third kappa shape index (κ3) is 5.20. The van der Waals surface area contributed by atoms with Crippen LogP contribution in [0.2, 0.25) is 0 Å². The first-order valence-electron chi connectivity index (χ1n) is 6.35. The maximum atomic E-state index is 8.65. The SMILES string of the molecule is CCNC(C)c1ccc(OCCCCO)cc1. The zero-order valence-corrected chi connectivity index (χ0v) is 10.8. The van der Waals surface area contributed by atoms with Crippen LogP contribution in [-0.2, 0) is 0 Å². The van der Waals surface area contributed by atoms with Crippen LogP contribution in [0.3, 0.4) is 0 Å². The first-order valence-corrected chi connectivity index (χ1v) is 6.35. The van der Waals surface area contributed by atoms with Crippen LogP contribution in [0, 0.1) is 0 Å². The quantitative estimate of drug-likeness (QED) is 0.683. The second-order valence-electron chi connectivity index (χ2n) is 4.13. The topological polar surface area (TPSA) is 41.5 Å². The number of aliphatic hydroxyl groups is 1. The Hall–Kier alpha value is -1.06. The van der Waals surface area contributed by atoms with Crippen molar-refractivity contribution in [1.29, 1.82) is 0 Å². The molecule has 0 bridgehead atoms. The third-order valence-electron chi connectivity index (χ3n) is 2.71. The molecule has 0 aliphatic heterocycles. The summed E-state index contributed by atoms with van der Waals surface area (Å²) in [4.78, 5) is 0. The maximum absolute atomic E-state index is 8.65. The molecule has 3 nitrogen and oxygen atoms in total. The van der Waals surface area contributed by atoms with Crippen molar-refractivity contribution in [3.05, 3.63) is 29.8 Å². The molecule has 1 rings (SSSR count). The van der Waals surface area contributed by atoms with E-state index in [1.165, 1.54) is 5.56 Å². The molecule has 0 fully saturated rings. The Morgan fingerprint density at radius 3 is 2.53 bits per heavy atom. The molecule has 0 aromatic heterocycles. The molecule has 1 unspecified atom stereocenters. The lowest BCUT2D eigenvalue weighted by molar-refractivity contribution is 0.253. The second kappa shape index (κ2) is 8.09. The molecule has 0 aliphatic carbocycles. The predicted molar refractivity (Wildman–Crippen MR) is 70.3 cm³/mol. The lowest BCUT2D eigenvalue weighted by Crippen LogP contribution is -2.17. The molecule has 0 amide bonds. The number of rotatable bonds is 8. The molecule has 0 heterocycles. The Morgan fingerprint density at radius 1 is 1.24 bits per heavy atom. The van der Waals surface area contributed by atoms with Gasteiger partial charge in [0.2, 0.25) is 0 Å². The number of ether oxygens (including phenoxy) is 1. The van der Waals surface area contributed by atoms with E-state index in [0.29, 0.717) is 12.6 Å². The van der Waals surface area contributed by atoms with E-state index in [9.17, 15) is 0 Å². The molecule has 0 radical (unpaired) electrons. The van der Waals surface area contributed by atoms with Crippen LogP contribution in [0.15, 0.2) is 24.3 Å². The normalized spacial score (nSPS) is 12.4. The first-order chi connectivity index (χ1) is 8.27. The van der Waals surface area contributed by atoms with E-state index in [-0.39, 0.29) is 6.61 Å². The van der Waals surface area contributed by atoms with E-state index in [2.05, 4.69) is 31.3 Å². The summed E-state index contributed by atoms with van der Waals surface area (Å²) in [5, 5.41) is 12.0. The molecule has 96 valence electrons. The van der Waals surface area contributed by atoms with Gasteiger partial charge >= 0.3 is 0 Å². The van der Waals surface area contributed by atoms with Crippen LogP contribution in [-0.4, -0.2) is 24.9 Å². The Morgan fingerprint density at radius 2 is 1.94 bits per heavy atom. The van der Waals surface area contributed by atoms with Crippen LogP contribution < -0.4 is 10.1 Å². The molecule has 0 saturated heterocycles. The fraction of sp³-hybridized carbons (Fsp3) is 0.571. The average molecular weight is 237 g/mol. The van der Waals surface area contributed by atoms with Crippen LogP contribution in [0.5, 0.6) is 5.75 Å². The molecule has 17 heavy (non-hydrogen) atoms. The van der Waals surface area contributed by atoms with Gasteiger partial charge in [-0.2, -0.15) is 0 Å². The predicted octanol–water partition coefficient (Wildman–Crippen LogP) is 2.51. The van der Waals surface area contributed by atoms with E-state index in [0.717, 1.165) is 25.1 Å². The Kier molecular flexibility index (Phi) is 6.67. The minimum atomic E-state index is 0.239. The molecular formula is C14H23NO2. The summed E-state index contributed by atoms with van der Waals surface area (Å²) in [6.45, 7) is 6.14. The van der Waals surface area contributed by atoms with Gasteiger partial charge in [-0.25, -0.2) is 0 Å². The van der Waals surface area contributed by atoms with Crippen LogP contribution >= 0.6 is 0 Å². The highest BCUT2D eigenvalue weighted by atomic mass is 16.5. The van der Waals surface area contributed by atoms with Gasteiger partial charge in [0.1, 0.15) is 5.75 Å². The smallest absolute Gasteiger partial charge is 0.119 e. The number of hydrogen-bond acceptors (Lipinski definition) is 3. The van der Waals surface area contributed by atoms with Crippen molar-refractivity contribution in [2.45, 2.75) is 32.7 Å². The molecule has 0 spiro atoms. The van der Waals surface area contributed by atoms with Crippen LogP contribution in [0.1, 0.15) is 38.3 Å². The summed E-state index contributed by atoms with van der Waals surface area (Å²) >= 11 is 0. The Labute approximate surface area is 104 Å². The van der Waals surface area contributed by atoms with Gasteiger partial charge in [0.05, 0.1) is 6.61 Å². The summed E-state index contributed by atoms with van der Waals surface area (Å²) < 4.78 is 5.57. The summed E-state index contributed by atoms with van der Waals surface area (Å²) in [5.74, 6) is 0.899. The van der Waals surface area contributed by atoms with E-state index in [1.807, 2.05) is 12.1 Å². The number of aliphatic hydroxyl groups excluding tert-OH is 1. The van der Waals surface area contributed by atoms with E-state index in [1.54, 1.807) is 0 Å². The van der Waals surface area contributed by atoms with Crippen molar-refractivity contribution in [3.63, 3.8) is 0 Å². The number of unbranched alkanes of at least 4 members (excludes halogenated alkanes) is 1. The van der Waals surface area contributed by atoms with Gasteiger partial charge in [-0.1, -0.05) is 19.1 Å². The summed E-state index contributed by atoms with van der Waals surface area (Å²) in [6.07, 6.45) is 1.70. The zero-order chi connectivity index (χ0) is 12.5. The van der Waals surface area contributed by atoms with Crippen LogP contribution in [0.4, 0.5) is 0 Å². The second-order valence-corrected chi connectivity index (χ2v) is 4.13. The summed E-state index contributed by atoms with van der Waals surface area (Å²) in [7, 11) is 0. The lowest BCUT2D eigenvalue weighted by Gasteiger charge is -2.13. The highest BCUT2D eigenvalue weighted by Crippen LogP contribution is 2.17. The van der Waals surface area contributed by atoms with E-state index >= 15 is 0 Å². The summed E-state index contributed by atoms with van der Waals surface area (Å²) in [6, 6.07) is 8.57. The largest absolute Gasteiger partial charge is 0.494 e. The zero-order valence-electron chi connectivity index (χ0n) is 10.8. The van der Waals surface area contributed by atoms with E-state index < -0.39 is 0 Å². The van der Waals surface area contributed by atoms with Crippen molar-refractivity contribution in [3.8, 4) is 5.75 Å². The van der Waals surface area contributed by atoms with Gasteiger partial charge in [-0.05, 0) is 44.0 Å². The van der Waals surface area contributed by atoms with Gasteiger partial charge in [0, 0.05) is 12.6 Å². The standard InChI is InChI=1S/C14H23NO2/c1-3-15-12(2)13-6-8-14(9-7-13)17-11-5-4-10-16/h6-9,12,15-16H,3-5,10-11H2,1-2H3. The van der Waals surface area contributed by atoms with Gasteiger partial charge in [-0.3, -0.25) is 0 Å². The van der Waals surface area contributed by atoms with E-state index in [4.69, 9.17) is 9.84 Å². The molecule has 1 aromatic carbocycles. The minimum Gasteiger partial charge on any atom is -0.494 e. The minimum absolute atomic E-state index is 0.239. The third-order valence-corrected chi connectivity index (χ3v) is 2.71.